The first-order valence-electron chi connectivity index (χ1n) is 6.48. The SMILES string of the molecule is CSCC(C)(O)CNC(=O)C1CC1c1ccc(C)s1. The summed E-state index contributed by atoms with van der Waals surface area (Å²) in [6, 6.07) is 4.23. The first kappa shape index (κ1) is 14.9. The summed E-state index contributed by atoms with van der Waals surface area (Å²) in [7, 11) is 0. The number of carbonyl (C=O) groups excluding carboxylic acids is 1. The predicted molar refractivity (Wildman–Crippen MR) is 81.9 cm³/mol. The van der Waals surface area contributed by atoms with Crippen LogP contribution in [-0.4, -0.2) is 35.2 Å². The van der Waals surface area contributed by atoms with Crippen molar-refractivity contribution < 1.29 is 9.90 Å². The van der Waals surface area contributed by atoms with E-state index in [-0.39, 0.29) is 11.8 Å². The summed E-state index contributed by atoms with van der Waals surface area (Å²) >= 11 is 3.36. The van der Waals surface area contributed by atoms with Crippen LogP contribution in [0.2, 0.25) is 0 Å². The molecule has 1 aromatic rings. The number of hydrogen-bond acceptors (Lipinski definition) is 4. The number of amides is 1. The van der Waals surface area contributed by atoms with E-state index in [9.17, 15) is 9.90 Å². The summed E-state index contributed by atoms with van der Waals surface area (Å²) in [6.07, 6.45) is 2.89. The first-order chi connectivity index (χ1) is 8.93. The second kappa shape index (κ2) is 5.85. The van der Waals surface area contributed by atoms with Gasteiger partial charge in [0, 0.05) is 33.9 Å². The lowest BCUT2D eigenvalue weighted by molar-refractivity contribution is -0.123. The second-order valence-electron chi connectivity index (χ2n) is 5.54. The van der Waals surface area contributed by atoms with Crippen LogP contribution >= 0.6 is 23.1 Å². The van der Waals surface area contributed by atoms with Gasteiger partial charge < -0.3 is 10.4 Å². The number of nitrogens with one attached hydrogen (secondary N) is 1. The minimum absolute atomic E-state index is 0.0810. The number of thiophene rings is 1. The quantitative estimate of drug-likeness (QED) is 0.848. The molecule has 5 heteroatoms. The fourth-order valence-electron chi connectivity index (χ4n) is 2.22. The molecule has 1 aromatic heterocycles. The summed E-state index contributed by atoms with van der Waals surface area (Å²) in [6.45, 7) is 4.18. The Labute approximate surface area is 122 Å². The molecule has 0 radical (unpaired) electrons. The Morgan fingerprint density at radius 1 is 1.63 bits per heavy atom. The molecule has 1 aliphatic rings. The number of aryl methyl sites for hydroxylation is 1. The van der Waals surface area contributed by atoms with Gasteiger partial charge in [0.2, 0.25) is 5.91 Å². The molecule has 2 N–H and O–H groups in total. The van der Waals surface area contributed by atoms with Crippen LogP contribution in [0.15, 0.2) is 12.1 Å². The van der Waals surface area contributed by atoms with Crippen molar-refractivity contribution in [1.82, 2.24) is 5.32 Å². The Hall–Kier alpha value is -0.520. The van der Waals surface area contributed by atoms with Crippen molar-refractivity contribution in [2.45, 2.75) is 31.8 Å². The van der Waals surface area contributed by atoms with Crippen LogP contribution in [0.5, 0.6) is 0 Å². The lowest BCUT2D eigenvalue weighted by Crippen LogP contribution is -2.43. The van der Waals surface area contributed by atoms with Crippen LogP contribution in [0, 0.1) is 12.8 Å². The van der Waals surface area contributed by atoms with Crippen LogP contribution in [0.3, 0.4) is 0 Å². The Kier molecular flexibility index (Phi) is 4.58. The minimum Gasteiger partial charge on any atom is -0.387 e. The zero-order valence-corrected chi connectivity index (χ0v) is 13.2. The van der Waals surface area contributed by atoms with Crippen LogP contribution in [0.4, 0.5) is 0 Å². The lowest BCUT2D eigenvalue weighted by Gasteiger charge is -2.22. The van der Waals surface area contributed by atoms with Gasteiger partial charge >= 0.3 is 0 Å². The number of carbonyl (C=O) groups is 1. The Morgan fingerprint density at radius 2 is 2.37 bits per heavy atom. The Balaban J connectivity index is 1.80. The van der Waals surface area contributed by atoms with Gasteiger partial charge in [0.1, 0.15) is 0 Å². The number of hydrogen-bond donors (Lipinski definition) is 2. The normalized spacial score (nSPS) is 24.8. The molecular formula is C14H21NO2S2. The van der Waals surface area contributed by atoms with E-state index in [0.717, 1.165) is 6.42 Å². The van der Waals surface area contributed by atoms with E-state index in [1.54, 1.807) is 30.0 Å². The van der Waals surface area contributed by atoms with E-state index >= 15 is 0 Å². The molecule has 3 atom stereocenters. The van der Waals surface area contributed by atoms with Gasteiger partial charge in [0.15, 0.2) is 0 Å². The summed E-state index contributed by atoms with van der Waals surface area (Å²) in [5.41, 5.74) is -0.820. The summed E-state index contributed by atoms with van der Waals surface area (Å²) < 4.78 is 0. The molecule has 1 fully saturated rings. The highest BCUT2D eigenvalue weighted by atomic mass is 32.2. The summed E-state index contributed by atoms with van der Waals surface area (Å²) in [4.78, 5) is 14.6. The van der Waals surface area contributed by atoms with Crippen molar-refractivity contribution in [2.24, 2.45) is 5.92 Å². The lowest BCUT2D eigenvalue weighted by atomic mass is 10.1. The first-order valence-corrected chi connectivity index (χ1v) is 8.69. The molecule has 0 saturated heterocycles. The van der Waals surface area contributed by atoms with Crippen molar-refractivity contribution in [3.05, 3.63) is 21.9 Å². The van der Waals surface area contributed by atoms with E-state index in [1.807, 2.05) is 6.26 Å². The molecule has 1 saturated carbocycles. The van der Waals surface area contributed by atoms with E-state index in [1.165, 1.54) is 9.75 Å². The zero-order chi connectivity index (χ0) is 14.0. The fourth-order valence-corrected chi connectivity index (χ4v) is 4.00. The van der Waals surface area contributed by atoms with Crippen LogP contribution in [0.1, 0.15) is 29.0 Å². The molecule has 0 spiro atoms. The monoisotopic (exact) mass is 299 g/mol. The third-order valence-corrected chi connectivity index (χ3v) is 5.40. The summed E-state index contributed by atoms with van der Waals surface area (Å²) in [5.74, 6) is 1.20. The van der Waals surface area contributed by atoms with Crippen molar-refractivity contribution in [1.29, 1.82) is 0 Å². The van der Waals surface area contributed by atoms with Gasteiger partial charge in [0.25, 0.3) is 0 Å². The molecule has 1 heterocycles. The average molecular weight is 299 g/mol. The maximum Gasteiger partial charge on any atom is 0.223 e. The standard InChI is InChI=1S/C14H21NO2S2/c1-9-4-5-12(19-9)10-6-11(10)13(16)15-7-14(2,17)8-18-3/h4-5,10-11,17H,6-8H2,1-3H3,(H,15,16). The van der Waals surface area contributed by atoms with E-state index < -0.39 is 5.60 Å². The molecule has 0 bridgehead atoms. The topological polar surface area (TPSA) is 49.3 Å². The van der Waals surface area contributed by atoms with Crippen molar-refractivity contribution in [2.75, 3.05) is 18.6 Å². The maximum atomic E-state index is 12.0. The molecular weight excluding hydrogens is 278 g/mol. The van der Waals surface area contributed by atoms with Gasteiger partial charge in [-0.2, -0.15) is 11.8 Å². The van der Waals surface area contributed by atoms with Gasteiger partial charge in [-0.15, -0.1) is 11.3 Å². The predicted octanol–water partition coefficient (Wildman–Crippen LogP) is 2.39. The maximum absolute atomic E-state index is 12.0. The molecule has 0 aromatic carbocycles. The molecule has 0 aliphatic heterocycles. The van der Waals surface area contributed by atoms with Gasteiger partial charge in [-0.25, -0.2) is 0 Å². The number of rotatable bonds is 6. The number of aliphatic hydroxyl groups is 1. The minimum atomic E-state index is -0.820. The molecule has 19 heavy (non-hydrogen) atoms. The summed E-state index contributed by atoms with van der Waals surface area (Å²) in [5, 5.41) is 12.9. The van der Waals surface area contributed by atoms with Crippen LogP contribution < -0.4 is 5.32 Å². The van der Waals surface area contributed by atoms with Gasteiger partial charge in [-0.3, -0.25) is 4.79 Å². The molecule has 3 unspecified atom stereocenters. The molecule has 2 rings (SSSR count). The highest BCUT2D eigenvalue weighted by Crippen LogP contribution is 2.49. The third kappa shape index (κ3) is 3.97. The molecule has 106 valence electrons. The molecule has 1 amide bonds. The van der Waals surface area contributed by atoms with Crippen LogP contribution in [-0.2, 0) is 4.79 Å². The second-order valence-corrected chi connectivity index (χ2v) is 7.73. The van der Waals surface area contributed by atoms with E-state index in [4.69, 9.17) is 0 Å². The van der Waals surface area contributed by atoms with E-state index in [2.05, 4.69) is 24.4 Å². The highest BCUT2D eigenvalue weighted by molar-refractivity contribution is 7.98. The van der Waals surface area contributed by atoms with E-state index in [0.29, 0.717) is 18.2 Å². The van der Waals surface area contributed by atoms with Crippen LogP contribution in [0.25, 0.3) is 0 Å². The zero-order valence-electron chi connectivity index (χ0n) is 11.6. The third-order valence-electron chi connectivity index (χ3n) is 3.35. The van der Waals surface area contributed by atoms with Crippen molar-refractivity contribution in [3.63, 3.8) is 0 Å². The molecule has 1 aliphatic carbocycles. The number of thioether (sulfide) groups is 1. The Bertz CT molecular complexity index is 456. The molecule has 3 nitrogen and oxygen atoms in total. The Morgan fingerprint density at radius 3 is 2.95 bits per heavy atom. The van der Waals surface area contributed by atoms with Crippen molar-refractivity contribution in [3.8, 4) is 0 Å². The average Bonchev–Trinajstić information content (AvgIpc) is 3.02. The smallest absolute Gasteiger partial charge is 0.223 e. The van der Waals surface area contributed by atoms with Gasteiger partial charge in [-0.1, -0.05) is 0 Å². The highest BCUT2D eigenvalue weighted by Gasteiger charge is 2.44. The largest absolute Gasteiger partial charge is 0.387 e. The van der Waals surface area contributed by atoms with Gasteiger partial charge in [-0.05, 0) is 38.7 Å². The fraction of sp³-hybridized carbons (Fsp3) is 0.643. The van der Waals surface area contributed by atoms with Gasteiger partial charge in [0.05, 0.1) is 5.60 Å². The van der Waals surface area contributed by atoms with Crippen molar-refractivity contribution >= 4 is 29.0 Å².